The largest absolute Gasteiger partial charge is 0.336 e. The second-order valence-electron chi connectivity index (χ2n) is 5.26. The van der Waals surface area contributed by atoms with Gasteiger partial charge in [-0.05, 0) is 12.3 Å². The van der Waals surface area contributed by atoms with Crippen molar-refractivity contribution in [3.05, 3.63) is 0 Å². The maximum absolute atomic E-state index is 12.5. The summed E-state index contributed by atoms with van der Waals surface area (Å²) in [4.78, 5) is 0. The molecule has 122 valence electrons. The molecule has 0 aliphatic heterocycles. The van der Waals surface area contributed by atoms with E-state index in [2.05, 4.69) is 0 Å². The minimum atomic E-state index is -4.33. The van der Waals surface area contributed by atoms with Crippen LogP contribution in [-0.4, -0.2) is 49.7 Å². The lowest BCUT2D eigenvalue weighted by Gasteiger charge is -2.42. The monoisotopic (exact) mass is 331 g/mol. The van der Waals surface area contributed by atoms with Crippen molar-refractivity contribution in [3.63, 3.8) is 0 Å². The molecule has 0 spiro atoms. The van der Waals surface area contributed by atoms with E-state index >= 15 is 0 Å². The van der Waals surface area contributed by atoms with Crippen molar-refractivity contribution >= 4 is 17.9 Å². The lowest BCUT2D eigenvalue weighted by Crippen LogP contribution is -2.50. The topological polar surface area (TPSA) is 93.1 Å². The Hall–Kier alpha value is 0.0200. The SMILES string of the molecule is CCN(C(C)C(C)(C)C(C)P(=O)(OC)OC)S(=O)(=O)O. The summed E-state index contributed by atoms with van der Waals surface area (Å²) >= 11 is 0. The maximum atomic E-state index is 12.5. The van der Waals surface area contributed by atoms with Crippen LogP contribution in [0.25, 0.3) is 0 Å². The van der Waals surface area contributed by atoms with Gasteiger partial charge in [-0.25, -0.2) is 0 Å². The fourth-order valence-corrected chi connectivity index (χ4v) is 4.97. The van der Waals surface area contributed by atoms with Gasteiger partial charge in [-0.2, -0.15) is 12.7 Å². The predicted octanol–water partition coefficient (Wildman–Crippen LogP) is 2.40. The molecule has 0 heterocycles. The summed E-state index contributed by atoms with van der Waals surface area (Å²) in [6.45, 7) is 8.60. The van der Waals surface area contributed by atoms with Crippen LogP contribution in [0, 0.1) is 5.41 Å². The van der Waals surface area contributed by atoms with Crippen molar-refractivity contribution in [2.24, 2.45) is 5.41 Å². The summed E-state index contributed by atoms with van der Waals surface area (Å²) in [7, 11) is -5.09. The van der Waals surface area contributed by atoms with Crippen LogP contribution in [0.15, 0.2) is 0 Å². The van der Waals surface area contributed by atoms with Gasteiger partial charge >= 0.3 is 17.9 Å². The Kier molecular flexibility index (Phi) is 6.86. The lowest BCUT2D eigenvalue weighted by molar-refractivity contribution is 0.145. The molecular formula is C11H26NO6PS. The summed E-state index contributed by atoms with van der Waals surface area (Å²) in [5.41, 5.74) is -1.30. The maximum Gasteiger partial charge on any atom is 0.336 e. The first-order valence-corrected chi connectivity index (χ1v) is 9.34. The van der Waals surface area contributed by atoms with E-state index in [1.165, 1.54) is 14.2 Å². The third kappa shape index (κ3) is 4.02. The fraction of sp³-hybridized carbons (Fsp3) is 1.00. The zero-order valence-electron chi connectivity index (χ0n) is 13.2. The highest BCUT2D eigenvalue weighted by atomic mass is 32.2. The zero-order valence-corrected chi connectivity index (χ0v) is 14.9. The zero-order chi connectivity index (χ0) is 16.4. The van der Waals surface area contributed by atoms with Crippen LogP contribution in [0.1, 0.15) is 34.6 Å². The van der Waals surface area contributed by atoms with Gasteiger partial charge in [0.1, 0.15) is 0 Å². The van der Waals surface area contributed by atoms with Gasteiger partial charge in [0, 0.05) is 26.8 Å². The molecule has 0 amide bonds. The molecule has 0 aliphatic carbocycles. The Balaban J connectivity index is 5.57. The first-order chi connectivity index (χ1) is 8.88. The molecule has 7 nitrogen and oxygen atoms in total. The highest BCUT2D eigenvalue weighted by Crippen LogP contribution is 2.58. The van der Waals surface area contributed by atoms with Gasteiger partial charge in [-0.15, -0.1) is 0 Å². The van der Waals surface area contributed by atoms with E-state index in [0.29, 0.717) is 0 Å². The highest BCUT2D eigenvalue weighted by Gasteiger charge is 2.47. The molecule has 0 aromatic heterocycles. The summed E-state index contributed by atoms with van der Waals surface area (Å²) in [6, 6.07) is -0.587. The normalized spacial score (nSPS) is 17.2. The Morgan fingerprint density at radius 3 is 1.90 bits per heavy atom. The van der Waals surface area contributed by atoms with Gasteiger partial charge in [-0.3, -0.25) is 9.12 Å². The van der Waals surface area contributed by atoms with Crippen LogP contribution in [0.5, 0.6) is 0 Å². The first-order valence-electron chi connectivity index (χ1n) is 6.33. The molecule has 0 radical (unpaired) electrons. The molecule has 1 N–H and O–H groups in total. The van der Waals surface area contributed by atoms with Crippen molar-refractivity contribution in [1.29, 1.82) is 0 Å². The highest BCUT2D eigenvalue weighted by molar-refractivity contribution is 7.83. The molecule has 0 saturated carbocycles. The lowest BCUT2D eigenvalue weighted by atomic mass is 9.82. The van der Waals surface area contributed by atoms with E-state index in [-0.39, 0.29) is 6.54 Å². The van der Waals surface area contributed by atoms with Gasteiger partial charge in [0.25, 0.3) is 0 Å². The molecule has 0 rings (SSSR count). The molecule has 2 atom stereocenters. The summed E-state index contributed by atoms with van der Waals surface area (Å²) in [5.74, 6) is 0. The fourth-order valence-electron chi connectivity index (χ4n) is 2.16. The van der Waals surface area contributed by atoms with E-state index in [9.17, 15) is 17.5 Å². The standard InChI is InChI=1S/C11H26NO6PS/c1-8-12(20(14,15)16)9(2)11(4,5)10(3)19(13,17-6)18-7/h9-10H,8H2,1-7H3,(H,14,15,16). The molecule has 0 aliphatic rings. The minimum absolute atomic E-state index is 0.112. The van der Waals surface area contributed by atoms with Crippen molar-refractivity contribution in [2.75, 3.05) is 20.8 Å². The van der Waals surface area contributed by atoms with Crippen molar-refractivity contribution in [3.8, 4) is 0 Å². The molecule has 2 unspecified atom stereocenters. The molecular weight excluding hydrogens is 305 g/mol. The van der Waals surface area contributed by atoms with E-state index in [1.54, 1.807) is 34.6 Å². The number of rotatable bonds is 8. The molecule has 0 saturated heterocycles. The van der Waals surface area contributed by atoms with Crippen LogP contribution >= 0.6 is 7.60 Å². The average molecular weight is 331 g/mol. The summed E-state index contributed by atoms with van der Waals surface area (Å²) < 4.78 is 55.5. The van der Waals surface area contributed by atoms with Gasteiger partial charge in [0.2, 0.25) is 0 Å². The van der Waals surface area contributed by atoms with Crippen LogP contribution in [0.4, 0.5) is 0 Å². The molecule has 0 aromatic rings. The van der Waals surface area contributed by atoms with Crippen LogP contribution in [-0.2, 0) is 23.9 Å². The smallest absolute Gasteiger partial charge is 0.312 e. The number of nitrogens with zero attached hydrogens (tertiary/aromatic N) is 1. The molecule has 0 aromatic carbocycles. The Morgan fingerprint density at radius 2 is 1.65 bits per heavy atom. The Labute approximate surface area is 122 Å². The van der Waals surface area contributed by atoms with E-state index in [1.807, 2.05) is 0 Å². The predicted molar refractivity (Wildman–Crippen MR) is 78.3 cm³/mol. The van der Waals surface area contributed by atoms with E-state index in [4.69, 9.17) is 9.05 Å². The quantitative estimate of drug-likeness (QED) is 0.542. The van der Waals surface area contributed by atoms with Crippen LogP contribution in [0.3, 0.4) is 0 Å². The second kappa shape index (κ2) is 6.85. The van der Waals surface area contributed by atoms with Gasteiger partial charge in [-0.1, -0.05) is 27.7 Å². The van der Waals surface area contributed by atoms with E-state index in [0.717, 1.165) is 4.31 Å². The van der Waals surface area contributed by atoms with Crippen LogP contribution < -0.4 is 0 Å². The van der Waals surface area contributed by atoms with Crippen molar-refractivity contribution in [1.82, 2.24) is 4.31 Å². The van der Waals surface area contributed by atoms with Gasteiger partial charge in [0.15, 0.2) is 0 Å². The van der Waals surface area contributed by atoms with E-state index < -0.39 is 35.0 Å². The van der Waals surface area contributed by atoms with Crippen LogP contribution in [0.2, 0.25) is 0 Å². The number of hydrogen-bond donors (Lipinski definition) is 1. The van der Waals surface area contributed by atoms with Gasteiger partial charge in [0.05, 0.1) is 5.66 Å². The second-order valence-corrected chi connectivity index (χ2v) is 9.21. The Morgan fingerprint density at radius 1 is 1.25 bits per heavy atom. The third-order valence-corrected chi connectivity index (χ3v) is 7.98. The summed E-state index contributed by atoms with van der Waals surface area (Å²) in [6.07, 6.45) is 0. The molecule has 9 heteroatoms. The molecule has 20 heavy (non-hydrogen) atoms. The number of hydrogen-bond acceptors (Lipinski definition) is 5. The van der Waals surface area contributed by atoms with Gasteiger partial charge < -0.3 is 9.05 Å². The molecule has 0 fully saturated rings. The average Bonchev–Trinajstić information content (AvgIpc) is 2.35. The van der Waals surface area contributed by atoms with Crippen molar-refractivity contribution < 1.29 is 26.6 Å². The Bertz CT molecular complexity index is 456. The first kappa shape index (κ1) is 20.0. The summed E-state index contributed by atoms with van der Waals surface area (Å²) in [5, 5.41) is 0. The minimum Gasteiger partial charge on any atom is -0.312 e. The molecule has 0 bridgehead atoms. The third-order valence-electron chi connectivity index (χ3n) is 4.18. The van der Waals surface area contributed by atoms with Crippen molar-refractivity contribution in [2.45, 2.75) is 46.3 Å².